The zero-order chi connectivity index (χ0) is 14.0. The highest BCUT2D eigenvalue weighted by atomic mass is 35.5. The molecule has 0 aliphatic carbocycles. The van der Waals surface area contributed by atoms with Gasteiger partial charge in [0.2, 0.25) is 6.54 Å². The second-order valence-electron chi connectivity index (χ2n) is 4.21. The number of nitrogens with zero attached hydrogens (tertiary/aromatic N) is 1. The molecule has 0 aliphatic rings. The molecule has 100 valence electrons. The van der Waals surface area contributed by atoms with E-state index in [0.717, 1.165) is 0 Å². The third-order valence-corrected chi connectivity index (χ3v) is 3.32. The van der Waals surface area contributed by atoms with E-state index in [1.807, 2.05) is 0 Å². The van der Waals surface area contributed by atoms with Gasteiger partial charge in [0, 0.05) is 15.6 Å². The molecule has 1 aromatic heterocycles. The molecular weight excluding hydrogens is 270 g/mol. The van der Waals surface area contributed by atoms with Crippen LogP contribution in [0, 0.1) is 17.0 Å². The van der Waals surface area contributed by atoms with Gasteiger partial charge < -0.3 is 5.10 Å². The Hall–Kier alpha value is -2.08. The first-order chi connectivity index (χ1) is 9.00. The maximum absolute atomic E-state index is 11.8. The molecule has 1 atom stereocenters. The number of hydrogen-bond acceptors (Lipinski definition) is 3. The fourth-order valence-corrected chi connectivity index (χ4v) is 2.39. The molecule has 2 N–H and O–H groups in total. The zero-order valence-corrected chi connectivity index (χ0v) is 10.9. The molecule has 1 unspecified atom stereocenters. The number of halogens is 1. The monoisotopic (exact) mass is 281 g/mol. The summed E-state index contributed by atoms with van der Waals surface area (Å²) in [5.74, 6) is -0.668. The Balaban J connectivity index is 2.57. The van der Waals surface area contributed by atoms with E-state index in [9.17, 15) is 14.9 Å². The predicted octanol–water partition coefficient (Wildman–Crippen LogP) is 2.07. The van der Waals surface area contributed by atoms with Crippen molar-refractivity contribution in [2.45, 2.75) is 12.8 Å². The summed E-state index contributed by atoms with van der Waals surface area (Å²) in [6, 6.07) is 6.83. The molecule has 1 aromatic carbocycles. The van der Waals surface area contributed by atoms with E-state index in [4.69, 9.17) is 11.6 Å². The van der Waals surface area contributed by atoms with Crippen LogP contribution < -0.4 is 5.56 Å². The minimum absolute atomic E-state index is 0.352. The van der Waals surface area contributed by atoms with E-state index >= 15 is 0 Å². The van der Waals surface area contributed by atoms with Crippen molar-refractivity contribution in [3.8, 4) is 0 Å². The number of nitrogens with one attached hydrogen (secondary N) is 2. The molecule has 19 heavy (non-hydrogen) atoms. The highest BCUT2D eigenvalue weighted by Crippen LogP contribution is 2.29. The molecule has 0 saturated heterocycles. The van der Waals surface area contributed by atoms with E-state index in [2.05, 4.69) is 10.2 Å². The number of aromatic amines is 2. The first kappa shape index (κ1) is 13.4. The van der Waals surface area contributed by atoms with Crippen molar-refractivity contribution in [3.05, 3.63) is 66.6 Å². The minimum Gasteiger partial charge on any atom is -0.302 e. The van der Waals surface area contributed by atoms with Crippen molar-refractivity contribution in [2.24, 2.45) is 0 Å². The lowest BCUT2D eigenvalue weighted by molar-refractivity contribution is -0.481. The summed E-state index contributed by atoms with van der Waals surface area (Å²) in [5.41, 5.74) is 1.15. The lowest BCUT2D eigenvalue weighted by Gasteiger charge is -2.13. The van der Waals surface area contributed by atoms with Crippen molar-refractivity contribution in [3.63, 3.8) is 0 Å². The molecule has 0 radical (unpaired) electrons. The Morgan fingerprint density at radius 2 is 2.05 bits per heavy atom. The van der Waals surface area contributed by atoms with E-state index in [0.29, 0.717) is 21.8 Å². The second-order valence-corrected chi connectivity index (χ2v) is 4.61. The molecule has 0 spiro atoms. The molecule has 2 rings (SSSR count). The van der Waals surface area contributed by atoms with E-state index < -0.39 is 10.8 Å². The van der Waals surface area contributed by atoms with Crippen LogP contribution in [0.4, 0.5) is 0 Å². The van der Waals surface area contributed by atoms with Gasteiger partial charge in [0.25, 0.3) is 5.56 Å². The molecule has 0 aliphatic heterocycles. The van der Waals surface area contributed by atoms with Crippen molar-refractivity contribution in [1.82, 2.24) is 10.2 Å². The van der Waals surface area contributed by atoms with Gasteiger partial charge in [0.15, 0.2) is 0 Å². The van der Waals surface area contributed by atoms with Crippen molar-refractivity contribution >= 4 is 11.6 Å². The van der Waals surface area contributed by atoms with Gasteiger partial charge in [-0.3, -0.25) is 20.0 Å². The normalized spacial score (nSPS) is 12.3. The lowest BCUT2D eigenvalue weighted by Crippen LogP contribution is -2.20. The van der Waals surface area contributed by atoms with Gasteiger partial charge in [0.05, 0.1) is 11.5 Å². The van der Waals surface area contributed by atoms with Gasteiger partial charge in [-0.15, -0.1) is 0 Å². The zero-order valence-electron chi connectivity index (χ0n) is 10.1. The molecule has 7 heteroatoms. The van der Waals surface area contributed by atoms with Gasteiger partial charge in [-0.05, 0) is 18.6 Å². The van der Waals surface area contributed by atoms with Crippen LogP contribution in [-0.4, -0.2) is 21.7 Å². The Bertz CT molecular complexity index is 662. The summed E-state index contributed by atoms with van der Waals surface area (Å²) < 4.78 is 0. The van der Waals surface area contributed by atoms with Gasteiger partial charge in [-0.2, -0.15) is 0 Å². The second kappa shape index (κ2) is 5.27. The van der Waals surface area contributed by atoms with E-state index in [1.165, 1.54) is 0 Å². The number of hydrogen-bond donors (Lipinski definition) is 2. The molecule has 2 aromatic rings. The number of benzene rings is 1. The standard InChI is InChI=1S/C12H12ClN3O3/c1-7-11(12(17)15-14-7)9(6-16(18)19)8-4-2-3-5-10(8)13/h2-5,9H,6H2,1H3,(H2,14,15,17). The Morgan fingerprint density at radius 3 is 2.58 bits per heavy atom. The van der Waals surface area contributed by atoms with Crippen LogP contribution in [0.25, 0.3) is 0 Å². The number of H-pyrrole nitrogens is 2. The average Bonchev–Trinajstić information content (AvgIpc) is 2.67. The summed E-state index contributed by atoms with van der Waals surface area (Å²) in [4.78, 5) is 22.2. The number of nitro groups is 1. The highest BCUT2D eigenvalue weighted by Gasteiger charge is 2.27. The summed E-state index contributed by atoms with van der Waals surface area (Å²) >= 11 is 6.08. The third kappa shape index (κ3) is 2.68. The first-order valence-electron chi connectivity index (χ1n) is 5.64. The van der Waals surface area contributed by atoms with Gasteiger partial charge in [-0.1, -0.05) is 29.8 Å². The van der Waals surface area contributed by atoms with Gasteiger partial charge >= 0.3 is 0 Å². The molecule has 1 heterocycles. The molecule has 6 nitrogen and oxygen atoms in total. The predicted molar refractivity (Wildman–Crippen MR) is 71.3 cm³/mol. The van der Waals surface area contributed by atoms with Crippen LogP contribution in [0.3, 0.4) is 0 Å². The van der Waals surface area contributed by atoms with Crippen molar-refractivity contribution in [1.29, 1.82) is 0 Å². The van der Waals surface area contributed by atoms with Crippen LogP contribution in [0.2, 0.25) is 5.02 Å². The van der Waals surface area contributed by atoms with Gasteiger partial charge in [-0.25, -0.2) is 0 Å². The quantitative estimate of drug-likeness (QED) is 0.664. The first-order valence-corrected chi connectivity index (χ1v) is 6.02. The highest BCUT2D eigenvalue weighted by molar-refractivity contribution is 6.31. The molecule has 0 fully saturated rings. The number of rotatable bonds is 4. The fraction of sp³-hybridized carbons (Fsp3) is 0.250. The summed E-state index contributed by atoms with van der Waals surface area (Å²) in [7, 11) is 0. The molecular formula is C12H12ClN3O3. The van der Waals surface area contributed by atoms with Crippen molar-refractivity contribution in [2.75, 3.05) is 6.54 Å². The number of aryl methyl sites for hydroxylation is 1. The largest absolute Gasteiger partial charge is 0.302 e. The smallest absolute Gasteiger partial charge is 0.268 e. The fourth-order valence-electron chi connectivity index (χ4n) is 2.13. The van der Waals surface area contributed by atoms with Gasteiger partial charge in [0.1, 0.15) is 0 Å². The Kier molecular flexibility index (Phi) is 3.71. The van der Waals surface area contributed by atoms with Crippen LogP contribution in [-0.2, 0) is 0 Å². The average molecular weight is 282 g/mol. The Morgan fingerprint density at radius 1 is 1.37 bits per heavy atom. The maximum atomic E-state index is 11.8. The van der Waals surface area contributed by atoms with Crippen LogP contribution >= 0.6 is 11.6 Å². The summed E-state index contributed by atoms with van der Waals surface area (Å²) in [6.07, 6.45) is 0. The Labute approximate surface area is 113 Å². The summed E-state index contributed by atoms with van der Waals surface area (Å²) in [6.45, 7) is 1.31. The number of aromatic nitrogens is 2. The van der Waals surface area contributed by atoms with Crippen LogP contribution in [0.1, 0.15) is 22.7 Å². The topological polar surface area (TPSA) is 91.8 Å². The van der Waals surface area contributed by atoms with E-state index in [1.54, 1.807) is 31.2 Å². The molecule has 0 saturated carbocycles. The van der Waals surface area contributed by atoms with Crippen LogP contribution in [0.5, 0.6) is 0 Å². The van der Waals surface area contributed by atoms with Crippen molar-refractivity contribution < 1.29 is 4.92 Å². The molecule has 0 amide bonds. The summed E-state index contributed by atoms with van der Waals surface area (Å²) in [5, 5.41) is 16.4. The third-order valence-electron chi connectivity index (χ3n) is 2.97. The minimum atomic E-state index is -0.668. The maximum Gasteiger partial charge on any atom is 0.268 e. The van der Waals surface area contributed by atoms with Crippen LogP contribution in [0.15, 0.2) is 29.1 Å². The molecule has 0 bridgehead atoms. The lowest BCUT2D eigenvalue weighted by atomic mass is 9.91. The SMILES string of the molecule is Cc1[nH][nH]c(=O)c1C(C[N+](=O)[O-])c1ccccc1Cl. The van der Waals surface area contributed by atoms with E-state index in [-0.39, 0.29) is 12.1 Å².